The van der Waals surface area contributed by atoms with Crippen molar-refractivity contribution in [1.29, 1.82) is 0 Å². The maximum absolute atomic E-state index is 12.6. The van der Waals surface area contributed by atoms with Gasteiger partial charge in [-0.05, 0) is 74.6 Å². The number of sulfonamides is 1. The minimum atomic E-state index is -3.65. The van der Waals surface area contributed by atoms with Crippen LogP contribution in [0.3, 0.4) is 0 Å². The highest BCUT2D eigenvalue weighted by molar-refractivity contribution is 7.92. The minimum Gasteiger partial charge on any atom is -0.348 e. The molecule has 0 saturated heterocycles. The molecule has 1 atom stereocenters. The third kappa shape index (κ3) is 5.26. The number of nitrogens with one attached hydrogen (secondary N) is 1. The fourth-order valence-electron chi connectivity index (χ4n) is 3.08. The highest BCUT2D eigenvalue weighted by Crippen LogP contribution is 2.25. The molecule has 0 aromatic heterocycles. The summed E-state index contributed by atoms with van der Waals surface area (Å²) in [5.74, 6) is -0.382. The van der Waals surface area contributed by atoms with Crippen molar-refractivity contribution in [3.8, 4) is 0 Å². The van der Waals surface area contributed by atoms with Gasteiger partial charge in [0, 0.05) is 5.02 Å². The van der Waals surface area contributed by atoms with Gasteiger partial charge in [-0.2, -0.15) is 0 Å². The summed E-state index contributed by atoms with van der Waals surface area (Å²) in [5, 5.41) is 3.35. The number of rotatable bonds is 6. The van der Waals surface area contributed by atoms with Crippen molar-refractivity contribution in [2.24, 2.45) is 0 Å². The lowest BCUT2D eigenvalue weighted by Gasteiger charge is -2.24. The Labute approximate surface area is 172 Å². The second-order valence-corrected chi connectivity index (χ2v) is 9.60. The molecule has 0 aliphatic rings. The van der Waals surface area contributed by atoms with Gasteiger partial charge in [0.05, 0.1) is 18.0 Å². The Morgan fingerprint density at radius 3 is 2.21 bits per heavy atom. The first-order chi connectivity index (χ1) is 12.9. The minimum absolute atomic E-state index is 0.241. The Bertz CT molecular complexity index is 1000. The second kappa shape index (κ2) is 8.53. The van der Waals surface area contributed by atoms with Crippen LogP contribution in [0, 0.1) is 27.7 Å². The molecule has 7 heteroatoms. The van der Waals surface area contributed by atoms with Crippen molar-refractivity contribution in [2.45, 2.75) is 40.7 Å². The molecule has 28 heavy (non-hydrogen) atoms. The van der Waals surface area contributed by atoms with Crippen molar-refractivity contribution in [1.82, 2.24) is 5.32 Å². The molecule has 2 aromatic carbocycles. The summed E-state index contributed by atoms with van der Waals surface area (Å²) in [6.07, 6.45) is 1.07. The van der Waals surface area contributed by atoms with Gasteiger partial charge in [0.2, 0.25) is 15.9 Å². The maximum Gasteiger partial charge on any atom is 0.241 e. The molecule has 0 unspecified atom stereocenters. The highest BCUT2D eigenvalue weighted by atomic mass is 35.5. The lowest BCUT2D eigenvalue weighted by atomic mass is 9.96. The monoisotopic (exact) mass is 422 g/mol. The number of amides is 1. The van der Waals surface area contributed by atoms with E-state index >= 15 is 0 Å². The molecule has 0 fully saturated rings. The topological polar surface area (TPSA) is 66.5 Å². The highest BCUT2D eigenvalue weighted by Gasteiger charge is 2.23. The Hall–Kier alpha value is -2.05. The van der Waals surface area contributed by atoms with E-state index in [0.717, 1.165) is 32.8 Å². The number of anilines is 1. The van der Waals surface area contributed by atoms with Gasteiger partial charge in [0.25, 0.3) is 0 Å². The van der Waals surface area contributed by atoms with Gasteiger partial charge in [-0.25, -0.2) is 8.42 Å². The Balaban J connectivity index is 2.22. The number of hydrogen-bond acceptors (Lipinski definition) is 3. The standard InChI is InChI=1S/C21H27ClN2O3S/c1-13-7-8-18(11-20(13)22)24(28(6,26)27)12-21(25)23-17(5)19-10-15(3)14(2)9-16(19)4/h7-11,17H,12H2,1-6H3,(H,23,25)/t17-/m1/s1. The van der Waals surface area contributed by atoms with E-state index in [2.05, 4.69) is 17.4 Å². The molecule has 2 rings (SSSR count). The normalized spacial score (nSPS) is 12.5. The maximum atomic E-state index is 12.6. The molecule has 1 N–H and O–H groups in total. The van der Waals surface area contributed by atoms with E-state index in [-0.39, 0.29) is 18.5 Å². The molecule has 2 aromatic rings. The van der Waals surface area contributed by atoms with Crippen LogP contribution in [-0.4, -0.2) is 27.1 Å². The molecule has 1 amide bonds. The number of nitrogens with zero attached hydrogens (tertiary/aromatic N) is 1. The predicted octanol–water partition coefficient (Wildman–Crippen LogP) is 4.22. The summed E-state index contributed by atoms with van der Waals surface area (Å²) in [6.45, 7) is 9.49. The van der Waals surface area contributed by atoms with E-state index < -0.39 is 10.0 Å². The number of halogens is 1. The molecule has 0 spiro atoms. The van der Waals surface area contributed by atoms with Crippen LogP contribution < -0.4 is 9.62 Å². The Kier molecular flexibility index (Phi) is 6.78. The smallest absolute Gasteiger partial charge is 0.241 e. The van der Waals surface area contributed by atoms with E-state index in [1.165, 1.54) is 5.56 Å². The largest absolute Gasteiger partial charge is 0.348 e. The molecule has 5 nitrogen and oxygen atoms in total. The lowest BCUT2D eigenvalue weighted by molar-refractivity contribution is -0.120. The lowest BCUT2D eigenvalue weighted by Crippen LogP contribution is -2.41. The zero-order chi connectivity index (χ0) is 21.2. The number of carbonyl (C=O) groups excluding carboxylic acids is 1. The molecular weight excluding hydrogens is 396 g/mol. The van der Waals surface area contributed by atoms with E-state index in [1.807, 2.05) is 34.6 Å². The van der Waals surface area contributed by atoms with Gasteiger partial charge >= 0.3 is 0 Å². The zero-order valence-electron chi connectivity index (χ0n) is 17.1. The van der Waals surface area contributed by atoms with Crippen LogP contribution in [-0.2, 0) is 14.8 Å². The number of carbonyl (C=O) groups is 1. The van der Waals surface area contributed by atoms with Gasteiger partial charge in [-0.3, -0.25) is 9.10 Å². The summed E-state index contributed by atoms with van der Waals surface area (Å²) in [5.41, 5.74) is 5.64. The van der Waals surface area contributed by atoms with Crippen LogP contribution in [0.2, 0.25) is 5.02 Å². The van der Waals surface area contributed by atoms with Crippen LogP contribution >= 0.6 is 11.6 Å². The predicted molar refractivity (Wildman–Crippen MR) is 116 cm³/mol. The average molecular weight is 423 g/mol. The van der Waals surface area contributed by atoms with Gasteiger partial charge in [0.1, 0.15) is 6.54 Å². The van der Waals surface area contributed by atoms with Crippen LogP contribution in [0.4, 0.5) is 5.69 Å². The quantitative estimate of drug-likeness (QED) is 0.757. The van der Waals surface area contributed by atoms with Gasteiger partial charge in [-0.15, -0.1) is 0 Å². The molecule has 0 saturated carbocycles. The van der Waals surface area contributed by atoms with E-state index in [1.54, 1.807) is 18.2 Å². The molecule has 0 bridgehead atoms. The second-order valence-electron chi connectivity index (χ2n) is 7.29. The molecule has 0 aliphatic carbocycles. The first kappa shape index (κ1) is 22.2. The van der Waals surface area contributed by atoms with Crippen molar-refractivity contribution < 1.29 is 13.2 Å². The van der Waals surface area contributed by atoms with E-state index in [9.17, 15) is 13.2 Å². The van der Waals surface area contributed by atoms with Crippen molar-refractivity contribution in [2.75, 3.05) is 17.1 Å². The summed E-state index contributed by atoms with van der Waals surface area (Å²) < 4.78 is 25.6. The zero-order valence-corrected chi connectivity index (χ0v) is 18.7. The molecule has 0 aliphatic heterocycles. The van der Waals surface area contributed by atoms with Crippen molar-refractivity contribution in [3.05, 3.63) is 63.2 Å². The van der Waals surface area contributed by atoms with Crippen LogP contribution in [0.5, 0.6) is 0 Å². The summed E-state index contributed by atoms with van der Waals surface area (Å²) in [4.78, 5) is 12.6. The van der Waals surface area contributed by atoms with Gasteiger partial charge in [0.15, 0.2) is 0 Å². The number of benzene rings is 2. The fraction of sp³-hybridized carbons (Fsp3) is 0.381. The van der Waals surface area contributed by atoms with Crippen LogP contribution in [0.1, 0.15) is 40.8 Å². The Morgan fingerprint density at radius 1 is 1.04 bits per heavy atom. The van der Waals surface area contributed by atoms with Gasteiger partial charge < -0.3 is 5.32 Å². The number of hydrogen-bond donors (Lipinski definition) is 1. The third-order valence-electron chi connectivity index (χ3n) is 4.86. The first-order valence-electron chi connectivity index (χ1n) is 9.01. The molecule has 0 heterocycles. The van der Waals surface area contributed by atoms with E-state index in [0.29, 0.717) is 10.7 Å². The van der Waals surface area contributed by atoms with Crippen LogP contribution in [0.15, 0.2) is 30.3 Å². The van der Waals surface area contributed by atoms with Crippen LogP contribution in [0.25, 0.3) is 0 Å². The van der Waals surface area contributed by atoms with E-state index in [4.69, 9.17) is 11.6 Å². The van der Waals surface area contributed by atoms with Crippen molar-refractivity contribution in [3.63, 3.8) is 0 Å². The molecule has 0 radical (unpaired) electrons. The third-order valence-corrected chi connectivity index (χ3v) is 6.41. The SMILES string of the molecule is Cc1cc(C)c([C@@H](C)NC(=O)CN(c2ccc(C)c(Cl)c2)S(C)(=O)=O)cc1C. The van der Waals surface area contributed by atoms with Crippen molar-refractivity contribution >= 4 is 33.2 Å². The average Bonchev–Trinajstić information content (AvgIpc) is 2.57. The molecular formula is C21H27ClN2O3S. The summed E-state index contributed by atoms with van der Waals surface area (Å²) in [7, 11) is -3.65. The summed E-state index contributed by atoms with van der Waals surface area (Å²) in [6, 6.07) is 8.84. The fourth-order valence-corrected chi connectivity index (χ4v) is 4.10. The van der Waals surface area contributed by atoms with Gasteiger partial charge in [-0.1, -0.05) is 29.8 Å². The first-order valence-corrected chi connectivity index (χ1v) is 11.2. The Morgan fingerprint density at radius 2 is 1.64 bits per heavy atom. The molecule has 152 valence electrons. The number of aryl methyl sites for hydroxylation is 4. The summed E-state index contributed by atoms with van der Waals surface area (Å²) >= 11 is 6.13.